The van der Waals surface area contributed by atoms with Crippen LogP contribution in [-0.4, -0.2) is 16.1 Å². The van der Waals surface area contributed by atoms with E-state index in [9.17, 15) is 4.79 Å². The first-order valence-corrected chi connectivity index (χ1v) is 5.46. The van der Waals surface area contributed by atoms with E-state index in [-0.39, 0.29) is 11.3 Å². The van der Waals surface area contributed by atoms with Gasteiger partial charge in [-0.15, -0.1) is 11.3 Å². The van der Waals surface area contributed by atoms with Crippen LogP contribution in [0, 0.1) is 6.92 Å². The highest BCUT2D eigenvalue weighted by atomic mass is 32.1. The van der Waals surface area contributed by atoms with Crippen LogP contribution < -0.4 is 5.73 Å². The lowest BCUT2D eigenvalue weighted by molar-refractivity contribution is 0.0698. The Bertz CT molecular complexity index is 549. The molecule has 2 heterocycles. The number of anilines is 1. The van der Waals surface area contributed by atoms with Crippen LogP contribution in [0.2, 0.25) is 0 Å². The molecule has 2 aromatic heterocycles. The number of carbonyl (C=O) groups is 1. The molecular formula is C11H10N2O2S. The molecule has 0 spiro atoms. The van der Waals surface area contributed by atoms with Crippen molar-refractivity contribution in [1.29, 1.82) is 0 Å². The van der Waals surface area contributed by atoms with E-state index in [4.69, 9.17) is 10.8 Å². The molecule has 0 aliphatic carbocycles. The van der Waals surface area contributed by atoms with Crippen LogP contribution >= 0.6 is 11.3 Å². The minimum atomic E-state index is -1.03. The molecule has 16 heavy (non-hydrogen) atoms. The highest BCUT2D eigenvalue weighted by Gasteiger charge is 2.14. The summed E-state index contributed by atoms with van der Waals surface area (Å²) < 4.78 is 0. The van der Waals surface area contributed by atoms with Gasteiger partial charge in [0.1, 0.15) is 5.69 Å². The number of hydrogen-bond donors (Lipinski definition) is 2. The molecule has 0 bridgehead atoms. The topological polar surface area (TPSA) is 76.2 Å². The number of thiophene rings is 1. The van der Waals surface area contributed by atoms with Gasteiger partial charge in [0.05, 0.1) is 16.1 Å². The minimum absolute atomic E-state index is 0.0936. The summed E-state index contributed by atoms with van der Waals surface area (Å²) in [6.45, 7) is 1.98. The maximum absolute atomic E-state index is 10.9. The van der Waals surface area contributed by atoms with E-state index in [0.717, 1.165) is 9.75 Å². The van der Waals surface area contributed by atoms with Gasteiger partial charge in [0, 0.05) is 11.1 Å². The Labute approximate surface area is 96.4 Å². The first-order chi connectivity index (χ1) is 7.59. The Morgan fingerprint density at radius 2 is 2.19 bits per heavy atom. The predicted molar refractivity (Wildman–Crippen MR) is 63.7 cm³/mol. The van der Waals surface area contributed by atoms with Crippen LogP contribution in [0.4, 0.5) is 5.69 Å². The second kappa shape index (κ2) is 3.94. The quantitative estimate of drug-likeness (QED) is 0.836. The monoisotopic (exact) mass is 234 g/mol. The highest BCUT2D eigenvalue weighted by molar-refractivity contribution is 7.15. The standard InChI is InChI=1S/C11H10N2O2S/c1-6-2-3-8(16-6)10-9(12)7(11(14)15)4-5-13-10/h2-5H,12H2,1H3,(H,14,15). The summed E-state index contributed by atoms with van der Waals surface area (Å²) in [4.78, 5) is 17.1. The molecule has 4 nitrogen and oxygen atoms in total. The van der Waals surface area contributed by atoms with Gasteiger partial charge in [0.25, 0.3) is 0 Å². The lowest BCUT2D eigenvalue weighted by Gasteiger charge is -2.04. The fraction of sp³-hybridized carbons (Fsp3) is 0.0909. The van der Waals surface area contributed by atoms with Crippen LogP contribution in [0.25, 0.3) is 10.6 Å². The average molecular weight is 234 g/mol. The van der Waals surface area contributed by atoms with Gasteiger partial charge in [-0.2, -0.15) is 0 Å². The Morgan fingerprint density at radius 1 is 1.44 bits per heavy atom. The third-order valence-electron chi connectivity index (χ3n) is 2.19. The fourth-order valence-electron chi connectivity index (χ4n) is 1.42. The molecule has 0 aliphatic rings. The van der Waals surface area contributed by atoms with E-state index in [2.05, 4.69) is 4.98 Å². The van der Waals surface area contributed by atoms with Crippen molar-refractivity contribution in [2.75, 3.05) is 5.73 Å². The minimum Gasteiger partial charge on any atom is -0.478 e. The zero-order valence-corrected chi connectivity index (χ0v) is 9.41. The van der Waals surface area contributed by atoms with Crippen molar-refractivity contribution in [3.63, 3.8) is 0 Å². The molecule has 0 aromatic carbocycles. The van der Waals surface area contributed by atoms with Crippen LogP contribution in [0.15, 0.2) is 24.4 Å². The van der Waals surface area contributed by atoms with E-state index >= 15 is 0 Å². The summed E-state index contributed by atoms with van der Waals surface area (Å²) in [7, 11) is 0. The van der Waals surface area contributed by atoms with Crippen molar-refractivity contribution >= 4 is 23.0 Å². The maximum Gasteiger partial charge on any atom is 0.337 e. The largest absolute Gasteiger partial charge is 0.478 e. The zero-order valence-electron chi connectivity index (χ0n) is 8.60. The molecule has 3 N–H and O–H groups in total. The summed E-state index contributed by atoms with van der Waals surface area (Å²) in [6, 6.07) is 5.25. The Balaban J connectivity index is 2.58. The van der Waals surface area contributed by atoms with E-state index in [1.54, 1.807) is 0 Å². The van der Waals surface area contributed by atoms with Gasteiger partial charge < -0.3 is 10.8 Å². The summed E-state index contributed by atoms with van der Waals surface area (Å²) >= 11 is 1.54. The van der Waals surface area contributed by atoms with Gasteiger partial charge in [-0.3, -0.25) is 4.98 Å². The number of carboxylic acid groups (broad SMARTS) is 1. The molecule has 2 aromatic rings. The second-order valence-corrected chi connectivity index (χ2v) is 4.62. The average Bonchev–Trinajstić information content (AvgIpc) is 2.64. The van der Waals surface area contributed by atoms with Gasteiger partial charge in [0.2, 0.25) is 0 Å². The van der Waals surface area contributed by atoms with Crippen LogP contribution in [0.3, 0.4) is 0 Å². The van der Waals surface area contributed by atoms with E-state index in [1.165, 1.54) is 23.6 Å². The number of aromatic carboxylic acids is 1. The summed E-state index contributed by atoms with van der Waals surface area (Å²) in [5.74, 6) is -1.03. The molecule has 0 saturated heterocycles. The predicted octanol–water partition coefficient (Wildman–Crippen LogP) is 2.40. The molecule has 2 rings (SSSR count). The first-order valence-electron chi connectivity index (χ1n) is 4.64. The zero-order chi connectivity index (χ0) is 11.7. The van der Waals surface area contributed by atoms with Crippen LogP contribution in [0.5, 0.6) is 0 Å². The molecule has 5 heteroatoms. The van der Waals surface area contributed by atoms with E-state index in [1.807, 2.05) is 19.1 Å². The number of nitrogens with two attached hydrogens (primary N) is 1. The van der Waals surface area contributed by atoms with Gasteiger partial charge in [-0.25, -0.2) is 4.79 Å². The summed E-state index contributed by atoms with van der Waals surface area (Å²) in [5.41, 5.74) is 6.64. The molecular weight excluding hydrogens is 224 g/mol. The molecule has 0 amide bonds. The number of pyridine rings is 1. The summed E-state index contributed by atoms with van der Waals surface area (Å²) in [6.07, 6.45) is 1.46. The number of rotatable bonds is 2. The van der Waals surface area contributed by atoms with Gasteiger partial charge in [-0.05, 0) is 25.1 Å². The number of aryl methyl sites for hydroxylation is 1. The van der Waals surface area contributed by atoms with Crippen molar-refractivity contribution in [3.05, 3.63) is 34.8 Å². The molecule has 0 saturated carbocycles. The number of hydrogen-bond acceptors (Lipinski definition) is 4. The normalized spacial score (nSPS) is 10.3. The van der Waals surface area contributed by atoms with Crippen molar-refractivity contribution in [2.24, 2.45) is 0 Å². The van der Waals surface area contributed by atoms with Crippen molar-refractivity contribution < 1.29 is 9.90 Å². The second-order valence-electron chi connectivity index (χ2n) is 3.34. The fourth-order valence-corrected chi connectivity index (χ4v) is 2.30. The number of nitrogens with zero attached hydrogens (tertiary/aromatic N) is 1. The summed E-state index contributed by atoms with van der Waals surface area (Å²) in [5, 5.41) is 8.94. The molecule has 0 atom stereocenters. The smallest absolute Gasteiger partial charge is 0.337 e. The highest BCUT2D eigenvalue weighted by Crippen LogP contribution is 2.31. The van der Waals surface area contributed by atoms with Crippen molar-refractivity contribution in [2.45, 2.75) is 6.92 Å². The third-order valence-corrected chi connectivity index (χ3v) is 3.20. The number of aromatic nitrogens is 1. The molecule has 0 unspecified atom stereocenters. The van der Waals surface area contributed by atoms with Crippen LogP contribution in [0.1, 0.15) is 15.2 Å². The van der Waals surface area contributed by atoms with Gasteiger partial charge in [0.15, 0.2) is 0 Å². The lowest BCUT2D eigenvalue weighted by atomic mass is 10.1. The molecule has 0 fully saturated rings. The van der Waals surface area contributed by atoms with E-state index < -0.39 is 5.97 Å². The van der Waals surface area contributed by atoms with Gasteiger partial charge in [-0.1, -0.05) is 0 Å². The van der Waals surface area contributed by atoms with Crippen molar-refractivity contribution in [3.8, 4) is 10.6 Å². The van der Waals surface area contributed by atoms with Gasteiger partial charge >= 0.3 is 5.97 Å². The Kier molecular flexibility index (Phi) is 2.62. The molecule has 0 aliphatic heterocycles. The van der Waals surface area contributed by atoms with Crippen molar-refractivity contribution in [1.82, 2.24) is 4.98 Å². The first kappa shape index (κ1) is 10.6. The maximum atomic E-state index is 10.9. The molecule has 82 valence electrons. The SMILES string of the molecule is Cc1ccc(-c2nccc(C(=O)O)c2N)s1. The van der Waals surface area contributed by atoms with E-state index in [0.29, 0.717) is 5.69 Å². The number of carboxylic acids is 1. The van der Waals surface area contributed by atoms with Crippen LogP contribution in [-0.2, 0) is 0 Å². The Morgan fingerprint density at radius 3 is 2.75 bits per heavy atom. The molecule has 0 radical (unpaired) electrons. The third kappa shape index (κ3) is 1.77. The lowest BCUT2D eigenvalue weighted by Crippen LogP contribution is -2.04. The Hall–Kier alpha value is -1.88. The number of nitrogen functional groups attached to an aromatic ring is 1.